The van der Waals surface area contributed by atoms with Crippen LogP contribution < -0.4 is 0 Å². The quantitative estimate of drug-likeness (QED) is 0.408. The van der Waals surface area contributed by atoms with E-state index >= 15 is 0 Å². The number of nitrogens with one attached hydrogen (secondary N) is 1. The number of halogens is 2. The molecule has 5 nitrogen and oxygen atoms in total. The molecule has 0 unspecified atom stereocenters. The van der Waals surface area contributed by atoms with Gasteiger partial charge in [-0.3, -0.25) is 0 Å². The molecular weight excluding hydrogens is 277 g/mol. The number of carbonyl (C=O) groups excluding carboxylic acids is 1. The van der Waals surface area contributed by atoms with Crippen molar-refractivity contribution >= 4 is 46.3 Å². The summed E-state index contributed by atoms with van der Waals surface area (Å²) in [7, 11) is 0. The van der Waals surface area contributed by atoms with E-state index in [0.29, 0.717) is 23.2 Å². The second-order valence-corrected chi connectivity index (χ2v) is 4.03. The Morgan fingerprint density at radius 2 is 2.28 bits per heavy atom. The summed E-state index contributed by atoms with van der Waals surface area (Å²) in [5.74, 6) is -0.419. The van der Waals surface area contributed by atoms with Crippen LogP contribution in [-0.4, -0.2) is 27.5 Å². The fourth-order valence-corrected chi connectivity index (χ4v) is 1.96. The highest BCUT2D eigenvalue weighted by atomic mass is 35.5. The molecule has 2 heterocycles. The van der Waals surface area contributed by atoms with Gasteiger partial charge in [-0.1, -0.05) is 11.6 Å². The first-order chi connectivity index (χ1) is 8.61. The summed E-state index contributed by atoms with van der Waals surface area (Å²) < 4.78 is 4.78. The Morgan fingerprint density at radius 1 is 1.50 bits per heavy atom. The molecule has 0 fully saturated rings. The van der Waals surface area contributed by atoms with Crippen LogP contribution in [0.1, 0.15) is 12.5 Å². The lowest BCUT2D eigenvalue weighted by molar-refractivity contribution is -0.137. The molecule has 0 aliphatic carbocycles. The summed E-state index contributed by atoms with van der Waals surface area (Å²) in [6.07, 6.45) is 4.56. The van der Waals surface area contributed by atoms with Gasteiger partial charge in [0, 0.05) is 17.8 Å². The molecule has 0 radical (unpaired) electrons. The highest BCUT2D eigenvalue weighted by molar-refractivity contribution is 6.36. The molecule has 1 N–H and O–H groups in total. The zero-order valence-corrected chi connectivity index (χ0v) is 10.9. The molecule has 0 spiro atoms. The van der Waals surface area contributed by atoms with Gasteiger partial charge in [0.05, 0.1) is 12.0 Å². The summed E-state index contributed by atoms with van der Waals surface area (Å²) in [6.45, 7) is 2.07. The van der Waals surface area contributed by atoms with Crippen LogP contribution in [-0.2, 0) is 9.53 Å². The molecule has 0 aromatic carbocycles. The molecule has 2 rings (SSSR count). The highest BCUT2D eigenvalue weighted by Gasteiger charge is 2.10. The predicted octanol–water partition coefficient (Wildman–Crippen LogP) is 2.84. The van der Waals surface area contributed by atoms with Crippen LogP contribution in [0.4, 0.5) is 0 Å². The van der Waals surface area contributed by atoms with Gasteiger partial charge in [0.25, 0.3) is 0 Å². The first kappa shape index (κ1) is 12.9. The second-order valence-electron chi connectivity index (χ2n) is 3.34. The van der Waals surface area contributed by atoms with Crippen molar-refractivity contribution < 1.29 is 9.53 Å². The Labute approximate surface area is 113 Å². The van der Waals surface area contributed by atoms with Crippen molar-refractivity contribution in [2.24, 2.45) is 0 Å². The smallest absolute Gasteiger partial charge is 0.330 e. The van der Waals surface area contributed by atoms with Crippen molar-refractivity contribution in [3.8, 4) is 0 Å². The number of nitrogens with zero attached hydrogens (tertiary/aromatic N) is 2. The van der Waals surface area contributed by atoms with E-state index in [1.54, 1.807) is 19.2 Å². The van der Waals surface area contributed by atoms with Crippen LogP contribution in [0.15, 0.2) is 12.3 Å². The largest absolute Gasteiger partial charge is 0.463 e. The molecule has 0 bridgehead atoms. The number of esters is 1. The second kappa shape index (κ2) is 5.37. The molecule has 0 aliphatic rings. The van der Waals surface area contributed by atoms with E-state index in [0.717, 1.165) is 0 Å². The molecule has 2 aromatic rings. The SMILES string of the molecule is CCOC(=O)C=Cc1c[nH]c2nc(Cl)nc(Cl)c12. The van der Waals surface area contributed by atoms with Crippen molar-refractivity contribution in [3.05, 3.63) is 28.3 Å². The van der Waals surface area contributed by atoms with Crippen LogP contribution in [0.2, 0.25) is 10.4 Å². The maximum atomic E-state index is 11.2. The number of aromatic amines is 1. The topological polar surface area (TPSA) is 67.9 Å². The van der Waals surface area contributed by atoms with Crippen LogP contribution in [0, 0.1) is 0 Å². The molecule has 18 heavy (non-hydrogen) atoms. The molecule has 0 atom stereocenters. The van der Waals surface area contributed by atoms with Crippen molar-refractivity contribution in [2.75, 3.05) is 6.61 Å². The third kappa shape index (κ3) is 2.63. The maximum absolute atomic E-state index is 11.2. The van der Waals surface area contributed by atoms with E-state index < -0.39 is 5.97 Å². The fraction of sp³-hybridized carbons (Fsp3) is 0.182. The first-order valence-corrected chi connectivity index (χ1v) is 5.92. The summed E-state index contributed by atoms with van der Waals surface area (Å²) in [4.78, 5) is 21.9. The van der Waals surface area contributed by atoms with Gasteiger partial charge in [-0.15, -0.1) is 0 Å². The van der Waals surface area contributed by atoms with Gasteiger partial charge in [-0.25, -0.2) is 9.78 Å². The lowest BCUT2D eigenvalue weighted by atomic mass is 10.2. The number of hydrogen-bond acceptors (Lipinski definition) is 4. The molecule has 0 saturated heterocycles. The minimum atomic E-state index is -0.419. The van der Waals surface area contributed by atoms with Crippen LogP contribution in [0.3, 0.4) is 0 Å². The minimum absolute atomic E-state index is 0.0651. The van der Waals surface area contributed by atoms with E-state index in [-0.39, 0.29) is 10.4 Å². The molecule has 0 saturated carbocycles. The van der Waals surface area contributed by atoms with Gasteiger partial charge in [0.2, 0.25) is 5.28 Å². The molecule has 7 heteroatoms. The Balaban J connectivity index is 2.38. The van der Waals surface area contributed by atoms with Gasteiger partial charge >= 0.3 is 5.97 Å². The van der Waals surface area contributed by atoms with Gasteiger partial charge in [-0.05, 0) is 24.6 Å². The third-order valence-electron chi connectivity index (χ3n) is 2.18. The van der Waals surface area contributed by atoms with Gasteiger partial charge in [0.15, 0.2) is 0 Å². The Morgan fingerprint density at radius 3 is 3.00 bits per heavy atom. The molecular formula is C11H9Cl2N3O2. The highest BCUT2D eigenvalue weighted by Crippen LogP contribution is 2.26. The van der Waals surface area contributed by atoms with Crippen molar-refractivity contribution in [1.82, 2.24) is 15.0 Å². The third-order valence-corrected chi connectivity index (χ3v) is 2.62. The number of fused-ring (bicyclic) bond motifs is 1. The number of rotatable bonds is 3. The monoisotopic (exact) mass is 285 g/mol. The number of hydrogen-bond donors (Lipinski definition) is 1. The standard InChI is InChI=1S/C11H9Cl2N3O2/c1-2-18-7(17)4-3-6-5-14-10-8(6)9(12)15-11(13)16-10/h3-5H,2H2,1H3,(H,14,15,16). The van der Waals surface area contributed by atoms with E-state index in [1.807, 2.05) is 0 Å². The van der Waals surface area contributed by atoms with Crippen molar-refractivity contribution in [3.63, 3.8) is 0 Å². The first-order valence-electron chi connectivity index (χ1n) is 5.16. The van der Waals surface area contributed by atoms with Crippen LogP contribution in [0.5, 0.6) is 0 Å². The zero-order valence-electron chi connectivity index (χ0n) is 9.41. The lowest BCUT2D eigenvalue weighted by Crippen LogP contribution is -1.98. The summed E-state index contributed by atoms with van der Waals surface area (Å²) in [6, 6.07) is 0. The summed E-state index contributed by atoms with van der Waals surface area (Å²) in [5, 5.41) is 0.909. The van der Waals surface area contributed by atoms with E-state index in [2.05, 4.69) is 15.0 Å². The van der Waals surface area contributed by atoms with E-state index in [9.17, 15) is 4.79 Å². The molecule has 0 amide bonds. The van der Waals surface area contributed by atoms with Crippen LogP contribution in [0.25, 0.3) is 17.1 Å². The van der Waals surface area contributed by atoms with E-state index in [1.165, 1.54) is 6.08 Å². The average Bonchev–Trinajstić information content (AvgIpc) is 2.70. The normalized spacial score (nSPS) is 11.3. The molecule has 2 aromatic heterocycles. The Bertz CT molecular complexity index is 622. The summed E-state index contributed by atoms with van der Waals surface area (Å²) in [5.41, 5.74) is 1.21. The predicted molar refractivity (Wildman–Crippen MR) is 69.6 cm³/mol. The van der Waals surface area contributed by atoms with Crippen molar-refractivity contribution in [2.45, 2.75) is 6.92 Å². The van der Waals surface area contributed by atoms with Gasteiger partial charge < -0.3 is 9.72 Å². The lowest BCUT2D eigenvalue weighted by Gasteiger charge is -1.96. The number of carbonyl (C=O) groups is 1. The Kier molecular flexibility index (Phi) is 3.84. The fourth-order valence-electron chi connectivity index (χ4n) is 1.47. The minimum Gasteiger partial charge on any atom is -0.463 e. The average molecular weight is 286 g/mol. The molecule has 0 aliphatic heterocycles. The number of H-pyrrole nitrogens is 1. The molecule has 94 valence electrons. The Hall–Kier alpha value is -1.59. The van der Waals surface area contributed by atoms with E-state index in [4.69, 9.17) is 27.9 Å². The number of ether oxygens (including phenoxy) is 1. The van der Waals surface area contributed by atoms with Gasteiger partial charge in [0.1, 0.15) is 10.8 Å². The van der Waals surface area contributed by atoms with Gasteiger partial charge in [-0.2, -0.15) is 4.98 Å². The van der Waals surface area contributed by atoms with Crippen LogP contribution >= 0.6 is 23.2 Å². The zero-order chi connectivity index (χ0) is 13.1. The summed E-state index contributed by atoms with van der Waals surface area (Å²) >= 11 is 11.7. The number of aromatic nitrogens is 3. The van der Waals surface area contributed by atoms with Crippen molar-refractivity contribution in [1.29, 1.82) is 0 Å². The maximum Gasteiger partial charge on any atom is 0.330 e.